The first kappa shape index (κ1) is 19.7. The highest BCUT2D eigenvalue weighted by Crippen LogP contribution is 2.31. The highest BCUT2D eigenvalue weighted by molar-refractivity contribution is 7.90. The number of hydrogen-bond acceptors (Lipinski definition) is 3. The molecule has 1 heterocycles. The van der Waals surface area contributed by atoms with Gasteiger partial charge in [-0.25, -0.2) is 13.8 Å². The first-order valence-electron chi connectivity index (χ1n) is 8.69. The van der Waals surface area contributed by atoms with Crippen molar-refractivity contribution in [3.63, 3.8) is 0 Å². The predicted molar refractivity (Wildman–Crippen MR) is 107 cm³/mol. The number of aromatic nitrogens is 1. The molecule has 0 aliphatic rings. The molecule has 0 fully saturated rings. The van der Waals surface area contributed by atoms with Gasteiger partial charge < -0.3 is 4.55 Å². The number of hydrogen-bond donors (Lipinski definition) is 1. The van der Waals surface area contributed by atoms with Gasteiger partial charge in [0.05, 0.1) is 17.3 Å². The quantitative estimate of drug-likeness (QED) is 0.618. The summed E-state index contributed by atoms with van der Waals surface area (Å²) in [5, 5.41) is 0.766. The minimum atomic E-state index is -1.29. The lowest BCUT2D eigenvalue weighted by Crippen LogP contribution is -2.40. The zero-order valence-corrected chi connectivity index (χ0v) is 16.5. The molecule has 0 spiro atoms. The number of halogens is 2. The van der Waals surface area contributed by atoms with E-state index in [0.717, 1.165) is 10.9 Å². The summed E-state index contributed by atoms with van der Waals surface area (Å²) in [4.78, 5) is 4.59. The second kappa shape index (κ2) is 7.54. The SMILES string of the molecule is CC(N[S@+]([O-])C(C)(C)C)c1cc2ccc(F)cc2nc1-c1cccc(F)c1. The smallest absolute Gasteiger partial charge is 0.136 e. The van der Waals surface area contributed by atoms with Gasteiger partial charge in [-0.05, 0) is 58.0 Å². The fourth-order valence-electron chi connectivity index (χ4n) is 2.75. The Morgan fingerprint density at radius 1 is 1.04 bits per heavy atom. The molecule has 0 saturated carbocycles. The van der Waals surface area contributed by atoms with Crippen LogP contribution in [0.5, 0.6) is 0 Å². The van der Waals surface area contributed by atoms with Crippen molar-refractivity contribution in [3.05, 3.63) is 65.7 Å². The van der Waals surface area contributed by atoms with E-state index in [4.69, 9.17) is 0 Å². The maximum absolute atomic E-state index is 13.8. The van der Waals surface area contributed by atoms with Gasteiger partial charge in [0.2, 0.25) is 0 Å². The van der Waals surface area contributed by atoms with Crippen molar-refractivity contribution in [1.29, 1.82) is 0 Å². The molecule has 0 amide bonds. The maximum Gasteiger partial charge on any atom is 0.136 e. The van der Waals surface area contributed by atoms with Crippen LogP contribution in [0.3, 0.4) is 0 Å². The van der Waals surface area contributed by atoms with Crippen molar-refractivity contribution in [2.75, 3.05) is 0 Å². The van der Waals surface area contributed by atoms with Crippen molar-refractivity contribution in [2.45, 2.75) is 38.5 Å². The summed E-state index contributed by atoms with van der Waals surface area (Å²) in [6.07, 6.45) is 0. The first-order chi connectivity index (χ1) is 12.6. The third-order valence-electron chi connectivity index (χ3n) is 4.21. The van der Waals surface area contributed by atoms with Gasteiger partial charge in [0.15, 0.2) is 0 Å². The largest absolute Gasteiger partial charge is 0.598 e. The molecule has 3 nitrogen and oxygen atoms in total. The zero-order valence-electron chi connectivity index (χ0n) is 15.7. The van der Waals surface area contributed by atoms with Gasteiger partial charge in [-0.3, -0.25) is 0 Å². The van der Waals surface area contributed by atoms with E-state index in [1.165, 1.54) is 24.3 Å². The van der Waals surface area contributed by atoms with Crippen LogP contribution in [-0.4, -0.2) is 14.3 Å². The van der Waals surface area contributed by atoms with Crippen molar-refractivity contribution in [3.8, 4) is 11.3 Å². The third kappa shape index (κ3) is 4.46. The molecule has 1 unspecified atom stereocenters. The third-order valence-corrected chi connectivity index (χ3v) is 5.89. The van der Waals surface area contributed by atoms with E-state index in [0.29, 0.717) is 16.8 Å². The molecule has 0 saturated heterocycles. The summed E-state index contributed by atoms with van der Waals surface area (Å²) in [6, 6.07) is 12.1. The van der Waals surface area contributed by atoms with E-state index in [1.54, 1.807) is 18.2 Å². The molecule has 2 atom stereocenters. The van der Waals surface area contributed by atoms with Crippen molar-refractivity contribution < 1.29 is 13.3 Å². The van der Waals surface area contributed by atoms with Gasteiger partial charge >= 0.3 is 0 Å². The van der Waals surface area contributed by atoms with E-state index < -0.39 is 16.1 Å². The number of benzene rings is 2. The van der Waals surface area contributed by atoms with Crippen LogP contribution in [-0.2, 0) is 11.4 Å². The Labute approximate surface area is 161 Å². The average Bonchev–Trinajstić information content (AvgIpc) is 2.59. The molecule has 0 aliphatic heterocycles. The Kier molecular flexibility index (Phi) is 5.51. The van der Waals surface area contributed by atoms with Crippen molar-refractivity contribution in [1.82, 2.24) is 9.71 Å². The van der Waals surface area contributed by atoms with Gasteiger partial charge in [-0.1, -0.05) is 12.1 Å². The first-order valence-corrected chi connectivity index (χ1v) is 9.84. The van der Waals surface area contributed by atoms with Crippen LogP contribution in [0, 0.1) is 11.6 Å². The van der Waals surface area contributed by atoms with Gasteiger partial charge in [0.1, 0.15) is 16.4 Å². The molecule has 0 bridgehead atoms. The monoisotopic (exact) mass is 388 g/mol. The van der Waals surface area contributed by atoms with Gasteiger partial charge in [-0.15, -0.1) is 4.72 Å². The summed E-state index contributed by atoms with van der Waals surface area (Å²) < 4.78 is 42.6. The highest BCUT2D eigenvalue weighted by atomic mass is 32.2. The van der Waals surface area contributed by atoms with Crippen LogP contribution in [0.25, 0.3) is 22.2 Å². The summed E-state index contributed by atoms with van der Waals surface area (Å²) in [5.74, 6) is -0.758. The molecule has 2 aromatic carbocycles. The summed E-state index contributed by atoms with van der Waals surface area (Å²) in [7, 11) is 0. The Morgan fingerprint density at radius 2 is 1.74 bits per heavy atom. The van der Waals surface area contributed by atoms with E-state index in [9.17, 15) is 13.3 Å². The number of nitrogens with one attached hydrogen (secondary N) is 1. The second-order valence-corrected chi connectivity index (χ2v) is 9.49. The van der Waals surface area contributed by atoms with Crippen LogP contribution in [0.1, 0.15) is 39.3 Å². The number of fused-ring (bicyclic) bond motifs is 1. The molecule has 6 heteroatoms. The van der Waals surface area contributed by atoms with Crippen LogP contribution in [0.4, 0.5) is 8.78 Å². The topological polar surface area (TPSA) is 48.0 Å². The molecular weight excluding hydrogens is 366 g/mol. The maximum atomic E-state index is 13.8. The van der Waals surface area contributed by atoms with Gasteiger partial charge in [0.25, 0.3) is 0 Å². The average molecular weight is 388 g/mol. The zero-order chi connectivity index (χ0) is 19.8. The Hall–Kier alpha value is -2.02. The Morgan fingerprint density at radius 3 is 2.41 bits per heavy atom. The summed E-state index contributed by atoms with van der Waals surface area (Å²) >= 11 is -1.29. The summed E-state index contributed by atoms with van der Waals surface area (Å²) in [5.41, 5.74) is 2.39. The molecular formula is C21H22F2N2OS. The molecule has 0 aliphatic carbocycles. The van der Waals surface area contributed by atoms with Crippen LogP contribution in [0.15, 0.2) is 48.5 Å². The van der Waals surface area contributed by atoms with Gasteiger partial charge in [0, 0.05) is 33.9 Å². The summed E-state index contributed by atoms with van der Waals surface area (Å²) in [6.45, 7) is 7.55. The molecule has 3 rings (SSSR count). The minimum absolute atomic E-state index is 0.301. The Balaban J connectivity index is 2.14. The van der Waals surface area contributed by atoms with E-state index in [1.807, 2.05) is 33.8 Å². The lowest BCUT2D eigenvalue weighted by Gasteiger charge is -2.27. The molecule has 0 radical (unpaired) electrons. The van der Waals surface area contributed by atoms with Crippen molar-refractivity contribution in [2.24, 2.45) is 0 Å². The highest BCUT2D eigenvalue weighted by Gasteiger charge is 2.29. The molecule has 1 N–H and O–H groups in total. The number of pyridine rings is 1. The molecule has 27 heavy (non-hydrogen) atoms. The second-order valence-electron chi connectivity index (χ2n) is 7.49. The van der Waals surface area contributed by atoms with Crippen molar-refractivity contribution >= 4 is 22.3 Å². The van der Waals surface area contributed by atoms with Crippen LogP contribution < -0.4 is 4.72 Å². The molecule has 3 aromatic rings. The molecule has 142 valence electrons. The van der Waals surface area contributed by atoms with Crippen LogP contribution >= 0.6 is 0 Å². The fraction of sp³-hybridized carbons (Fsp3) is 0.286. The Bertz CT molecular complexity index is 972. The fourth-order valence-corrected chi connectivity index (χ4v) is 3.56. The lowest BCUT2D eigenvalue weighted by molar-refractivity contribution is 0.531. The van der Waals surface area contributed by atoms with E-state index in [-0.39, 0.29) is 17.7 Å². The van der Waals surface area contributed by atoms with E-state index >= 15 is 0 Å². The molecule has 1 aromatic heterocycles. The minimum Gasteiger partial charge on any atom is -0.598 e. The standard InChI is InChI=1S/C21H22F2N2OS/c1-13(25-27(26)21(2,3)4)18-11-14-8-9-17(23)12-19(14)24-20(18)15-6-5-7-16(22)10-15/h5-13,25H,1-4H3/t13?,27-/m1/s1. The number of nitrogens with zero attached hydrogens (tertiary/aromatic N) is 1. The van der Waals surface area contributed by atoms with E-state index in [2.05, 4.69) is 9.71 Å². The van der Waals surface area contributed by atoms with Gasteiger partial charge in [-0.2, -0.15) is 0 Å². The lowest BCUT2D eigenvalue weighted by atomic mass is 9.99. The van der Waals surface area contributed by atoms with Crippen LogP contribution in [0.2, 0.25) is 0 Å². The normalized spacial score (nSPS) is 14.3. The number of rotatable bonds is 4. The predicted octanol–water partition coefficient (Wildman–Crippen LogP) is 5.29.